The second-order valence-electron chi connectivity index (χ2n) is 4.87. The molecule has 0 radical (unpaired) electrons. The van der Waals surface area contributed by atoms with Crippen LogP contribution in [0.25, 0.3) is 11.3 Å². The van der Waals surface area contributed by atoms with Crippen molar-refractivity contribution in [3.63, 3.8) is 0 Å². The molecule has 0 atom stereocenters. The van der Waals surface area contributed by atoms with E-state index in [9.17, 15) is 13.2 Å². The zero-order chi connectivity index (χ0) is 15.8. The third-order valence-electron chi connectivity index (χ3n) is 3.36. The van der Waals surface area contributed by atoms with Crippen molar-refractivity contribution in [2.45, 2.75) is 33.4 Å². The Morgan fingerprint density at radius 3 is 2.43 bits per heavy atom. The van der Waals surface area contributed by atoms with Gasteiger partial charge in [0.15, 0.2) is 0 Å². The van der Waals surface area contributed by atoms with Gasteiger partial charge < -0.3 is 4.98 Å². The number of alkyl halides is 3. The largest absolute Gasteiger partial charge is 0.416 e. The van der Waals surface area contributed by atoms with E-state index in [0.29, 0.717) is 22.2 Å². The number of aryl methyl sites for hydroxylation is 2. The van der Waals surface area contributed by atoms with Gasteiger partial charge in [-0.3, -0.25) is 0 Å². The van der Waals surface area contributed by atoms with Crippen molar-refractivity contribution in [3.05, 3.63) is 45.4 Å². The van der Waals surface area contributed by atoms with Crippen molar-refractivity contribution in [1.82, 2.24) is 9.97 Å². The van der Waals surface area contributed by atoms with Gasteiger partial charge in [-0.25, -0.2) is 4.98 Å². The van der Waals surface area contributed by atoms with Crippen molar-refractivity contribution < 1.29 is 13.2 Å². The fraction of sp³-hybridized carbons (Fsp3) is 0.333. The third kappa shape index (κ3) is 3.15. The van der Waals surface area contributed by atoms with E-state index in [1.54, 1.807) is 6.92 Å². The number of hydrogen-bond acceptors (Lipinski definition) is 2. The first kappa shape index (κ1) is 15.7. The highest BCUT2D eigenvalue weighted by molar-refractivity contribution is 7.71. The van der Waals surface area contributed by atoms with Crippen LogP contribution >= 0.6 is 12.2 Å². The SMILES string of the molecule is CCc1nc(=S)c(C)c(-c2ccc(C(F)(F)F)cc2C)[nH]1. The molecule has 6 heteroatoms. The number of hydrogen-bond donors (Lipinski definition) is 1. The van der Waals surface area contributed by atoms with E-state index in [1.807, 2.05) is 13.8 Å². The Kier molecular flexibility index (Phi) is 4.18. The molecule has 21 heavy (non-hydrogen) atoms. The number of rotatable bonds is 2. The summed E-state index contributed by atoms with van der Waals surface area (Å²) in [5.41, 5.74) is 2.11. The van der Waals surface area contributed by atoms with Gasteiger partial charge in [0.25, 0.3) is 0 Å². The fourth-order valence-electron chi connectivity index (χ4n) is 2.14. The van der Waals surface area contributed by atoms with E-state index in [0.717, 1.165) is 29.2 Å². The van der Waals surface area contributed by atoms with Crippen molar-refractivity contribution in [3.8, 4) is 11.3 Å². The summed E-state index contributed by atoms with van der Waals surface area (Å²) in [6.07, 6.45) is -3.66. The maximum absolute atomic E-state index is 12.7. The first-order chi connectivity index (χ1) is 9.74. The molecule has 0 spiro atoms. The molecule has 2 rings (SSSR count). The van der Waals surface area contributed by atoms with Crippen molar-refractivity contribution in [1.29, 1.82) is 0 Å². The average Bonchev–Trinajstić information content (AvgIpc) is 2.41. The Bertz CT molecular complexity index is 733. The normalized spacial score (nSPS) is 11.7. The van der Waals surface area contributed by atoms with Crippen LogP contribution in [0.3, 0.4) is 0 Å². The van der Waals surface area contributed by atoms with E-state index in [4.69, 9.17) is 12.2 Å². The second kappa shape index (κ2) is 5.60. The van der Waals surface area contributed by atoms with Gasteiger partial charge in [0.1, 0.15) is 10.5 Å². The van der Waals surface area contributed by atoms with Crippen LogP contribution in [0.2, 0.25) is 0 Å². The van der Waals surface area contributed by atoms with Crippen LogP contribution in [0.1, 0.15) is 29.4 Å². The van der Waals surface area contributed by atoms with E-state index >= 15 is 0 Å². The highest BCUT2D eigenvalue weighted by atomic mass is 32.1. The van der Waals surface area contributed by atoms with Crippen molar-refractivity contribution in [2.24, 2.45) is 0 Å². The Morgan fingerprint density at radius 1 is 1.24 bits per heavy atom. The molecule has 1 N–H and O–H groups in total. The summed E-state index contributed by atoms with van der Waals surface area (Å²) in [6, 6.07) is 3.72. The number of aromatic nitrogens is 2. The number of aromatic amines is 1. The maximum atomic E-state index is 12.7. The molecule has 0 amide bonds. The molecule has 0 aliphatic carbocycles. The molecule has 2 aromatic rings. The summed E-state index contributed by atoms with van der Waals surface area (Å²) >= 11 is 5.21. The topological polar surface area (TPSA) is 28.7 Å². The summed E-state index contributed by atoms with van der Waals surface area (Å²) in [7, 11) is 0. The van der Waals surface area contributed by atoms with Crippen LogP contribution in [-0.2, 0) is 12.6 Å². The molecule has 2 nitrogen and oxygen atoms in total. The van der Waals surface area contributed by atoms with Crippen LogP contribution < -0.4 is 0 Å². The van der Waals surface area contributed by atoms with Crippen LogP contribution in [0.4, 0.5) is 13.2 Å². The third-order valence-corrected chi connectivity index (χ3v) is 3.76. The lowest BCUT2D eigenvalue weighted by Crippen LogP contribution is -2.06. The second-order valence-corrected chi connectivity index (χ2v) is 5.26. The number of nitrogens with one attached hydrogen (secondary N) is 1. The van der Waals surface area contributed by atoms with Gasteiger partial charge in [-0.1, -0.05) is 25.2 Å². The molecule has 0 bridgehead atoms. The minimum Gasteiger partial charge on any atom is -0.343 e. The monoisotopic (exact) mass is 312 g/mol. The predicted octanol–water partition coefficient (Wildman–Crippen LogP) is 5.00. The van der Waals surface area contributed by atoms with E-state index < -0.39 is 11.7 Å². The number of benzene rings is 1. The first-order valence-electron chi connectivity index (χ1n) is 6.52. The molecule has 112 valence electrons. The Balaban J connectivity index is 2.63. The van der Waals surface area contributed by atoms with Crippen LogP contribution in [-0.4, -0.2) is 9.97 Å². The van der Waals surface area contributed by atoms with E-state index in [1.165, 1.54) is 6.07 Å². The molecule has 1 aromatic heterocycles. The summed E-state index contributed by atoms with van der Waals surface area (Å²) in [5.74, 6) is 0.722. The fourth-order valence-corrected chi connectivity index (χ4v) is 2.35. The number of halogens is 3. The zero-order valence-electron chi connectivity index (χ0n) is 11.9. The molecule has 1 heterocycles. The van der Waals surface area contributed by atoms with Crippen LogP contribution in [0.5, 0.6) is 0 Å². The maximum Gasteiger partial charge on any atom is 0.416 e. The lowest BCUT2D eigenvalue weighted by atomic mass is 10.00. The molecule has 0 unspecified atom stereocenters. The Morgan fingerprint density at radius 2 is 1.90 bits per heavy atom. The predicted molar refractivity (Wildman–Crippen MR) is 78.7 cm³/mol. The quantitative estimate of drug-likeness (QED) is 0.790. The van der Waals surface area contributed by atoms with Crippen molar-refractivity contribution in [2.75, 3.05) is 0 Å². The van der Waals surface area contributed by atoms with Crippen LogP contribution in [0, 0.1) is 18.5 Å². The van der Waals surface area contributed by atoms with Crippen LogP contribution in [0.15, 0.2) is 18.2 Å². The zero-order valence-corrected chi connectivity index (χ0v) is 12.7. The van der Waals surface area contributed by atoms with Gasteiger partial charge in [0.2, 0.25) is 0 Å². The highest BCUT2D eigenvalue weighted by Crippen LogP contribution is 2.33. The summed E-state index contributed by atoms with van der Waals surface area (Å²) < 4.78 is 38.7. The summed E-state index contributed by atoms with van der Waals surface area (Å²) in [6.45, 7) is 5.41. The van der Waals surface area contributed by atoms with Gasteiger partial charge in [0.05, 0.1) is 11.3 Å². The molecule has 0 aliphatic rings. The van der Waals surface area contributed by atoms with Gasteiger partial charge in [-0.15, -0.1) is 0 Å². The molecule has 0 aliphatic heterocycles. The molecule has 0 fully saturated rings. The molecular formula is C15H15F3N2S. The van der Waals surface area contributed by atoms with Gasteiger partial charge >= 0.3 is 6.18 Å². The molecule has 1 aromatic carbocycles. The van der Waals surface area contributed by atoms with Gasteiger partial charge in [-0.2, -0.15) is 13.2 Å². The average molecular weight is 312 g/mol. The Labute approximate surface area is 126 Å². The molecular weight excluding hydrogens is 297 g/mol. The highest BCUT2D eigenvalue weighted by Gasteiger charge is 2.30. The van der Waals surface area contributed by atoms with E-state index in [-0.39, 0.29) is 0 Å². The Hall–Kier alpha value is -1.69. The van der Waals surface area contributed by atoms with Gasteiger partial charge in [-0.05, 0) is 31.5 Å². The standard InChI is InChI=1S/C15H15F3N2S/c1-4-12-19-13(9(3)14(21)20-12)11-6-5-10(7-8(11)2)15(16,17)18/h5-7H,4H2,1-3H3,(H,19,20,21). The first-order valence-corrected chi connectivity index (χ1v) is 6.93. The number of nitrogens with zero attached hydrogens (tertiary/aromatic N) is 1. The summed E-state index contributed by atoms with van der Waals surface area (Å²) in [5, 5.41) is 0. The summed E-state index contributed by atoms with van der Waals surface area (Å²) in [4.78, 5) is 7.40. The smallest absolute Gasteiger partial charge is 0.343 e. The number of H-pyrrole nitrogens is 1. The van der Waals surface area contributed by atoms with Crippen molar-refractivity contribution >= 4 is 12.2 Å². The molecule has 0 saturated carbocycles. The van der Waals surface area contributed by atoms with Gasteiger partial charge in [0, 0.05) is 17.5 Å². The minimum absolute atomic E-state index is 0.472. The lowest BCUT2D eigenvalue weighted by Gasteiger charge is -2.14. The minimum atomic E-state index is -4.34. The van der Waals surface area contributed by atoms with E-state index in [2.05, 4.69) is 9.97 Å². The molecule has 0 saturated heterocycles. The lowest BCUT2D eigenvalue weighted by molar-refractivity contribution is -0.137.